The molecule has 0 radical (unpaired) electrons. The van der Waals surface area contributed by atoms with Crippen molar-refractivity contribution in [3.63, 3.8) is 0 Å². The summed E-state index contributed by atoms with van der Waals surface area (Å²) in [6.07, 6.45) is 2.15. The number of aliphatic imine (C=N–C) groups is 1. The van der Waals surface area contributed by atoms with Gasteiger partial charge < -0.3 is 19.8 Å². The van der Waals surface area contributed by atoms with Crippen molar-refractivity contribution >= 4 is 5.96 Å². The second-order valence-corrected chi connectivity index (χ2v) is 5.94. The number of nitrogens with zero attached hydrogens (tertiary/aromatic N) is 3. The third-order valence-electron chi connectivity index (χ3n) is 3.87. The highest BCUT2D eigenvalue weighted by Gasteiger charge is 2.10. The zero-order chi connectivity index (χ0) is 20.5. The molecule has 2 heterocycles. The number of hydrogen-bond acceptors (Lipinski definition) is 5. The van der Waals surface area contributed by atoms with Gasteiger partial charge in [-0.2, -0.15) is 13.9 Å². The molecule has 3 aromatic rings. The van der Waals surface area contributed by atoms with Crippen LogP contribution in [0.3, 0.4) is 0 Å². The van der Waals surface area contributed by atoms with E-state index in [-0.39, 0.29) is 12.3 Å². The Balaban J connectivity index is 1.56. The van der Waals surface area contributed by atoms with Crippen molar-refractivity contribution in [1.82, 2.24) is 25.8 Å². The van der Waals surface area contributed by atoms with Crippen molar-refractivity contribution < 1.29 is 17.9 Å². The first-order chi connectivity index (χ1) is 14.2. The predicted octanol–water partition coefficient (Wildman–Crippen LogP) is 2.96. The highest BCUT2D eigenvalue weighted by atomic mass is 19.3. The monoisotopic (exact) mass is 404 g/mol. The van der Waals surface area contributed by atoms with Gasteiger partial charge in [-0.1, -0.05) is 18.2 Å². The summed E-state index contributed by atoms with van der Waals surface area (Å²) in [5.41, 5.74) is 0.573. The summed E-state index contributed by atoms with van der Waals surface area (Å²) in [6, 6.07) is 10.2. The van der Waals surface area contributed by atoms with Gasteiger partial charge >= 0.3 is 6.61 Å². The molecule has 10 heteroatoms. The van der Waals surface area contributed by atoms with E-state index >= 15 is 0 Å². The zero-order valence-corrected chi connectivity index (χ0v) is 15.9. The number of H-pyrrole nitrogens is 1. The normalized spacial score (nSPS) is 11.7. The number of para-hydroxylation sites is 1. The first-order valence-electron chi connectivity index (χ1n) is 9.15. The Morgan fingerprint density at radius 1 is 1.24 bits per heavy atom. The Hall–Kier alpha value is -3.43. The van der Waals surface area contributed by atoms with Crippen molar-refractivity contribution in [3.05, 3.63) is 54.0 Å². The van der Waals surface area contributed by atoms with E-state index in [4.69, 9.17) is 4.42 Å². The van der Waals surface area contributed by atoms with Crippen LogP contribution in [0.25, 0.3) is 11.6 Å². The lowest BCUT2D eigenvalue weighted by molar-refractivity contribution is -0.0504. The summed E-state index contributed by atoms with van der Waals surface area (Å²) in [5, 5.41) is 13.3. The number of rotatable bonds is 9. The number of halogens is 2. The van der Waals surface area contributed by atoms with Crippen LogP contribution in [0.2, 0.25) is 0 Å². The van der Waals surface area contributed by atoms with E-state index in [0.29, 0.717) is 48.4 Å². The highest BCUT2D eigenvalue weighted by Crippen LogP contribution is 2.21. The van der Waals surface area contributed by atoms with Crippen LogP contribution in [-0.2, 0) is 13.0 Å². The molecule has 0 fully saturated rings. The van der Waals surface area contributed by atoms with E-state index in [1.165, 1.54) is 6.07 Å². The van der Waals surface area contributed by atoms with E-state index < -0.39 is 6.61 Å². The fourth-order valence-electron chi connectivity index (χ4n) is 2.57. The minimum Gasteiger partial charge on any atom is -0.461 e. The summed E-state index contributed by atoms with van der Waals surface area (Å²) >= 11 is 0. The summed E-state index contributed by atoms with van der Waals surface area (Å²) in [5.74, 6) is 2.48. The van der Waals surface area contributed by atoms with Crippen LogP contribution in [0.4, 0.5) is 8.78 Å². The van der Waals surface area contributed by atoms with Gasteiger partial charge in [-0.3, -0.25) is 5.10 Å². The number of furan rings is 1. The van der Waals surface area contributed by atoms with Gasteiger partial charge in [-0.05, 0) is 25.1 Å². The second-order valence-electron chi connectivity index (χ2n) is 5.94. The van der Waals surface area contributed by atoms with Gasteiger partial charge in [0.15, 0.2) is 11.7 Å². The Bertz CT molecular complexity index is 911. The molecule has 0 atom stereocenters. The fraction of sp³-hybridized carbons (Fsp3) is 0.316. The quantitative estimate of drug-likeness (QED) is 0.375. The number of benzene rings is 1. The Morgan fingerprint density at radius 2 is 2.10 bits per heavy atom. The van der Waals surface area contributed by atoms with Crippen LogP contribution in [0.5, 0.6) is 5.75 Å². The molecular weight excluding hydrogens is 382 g/mol. The van der Waals surface area contributed by atoms with Gasteiger partial charge in [0.25, 0.3) is 0 Å². The molecular formula is C19H22F2N6O2. The molecule has 0 amide bonds. The summed E-state index contributed by atoms with van der Waals surface area (Å²) in [6.45, 7) is 0.472. The number of alkyl halides is 2. The van der Waals surface area contributed by atoms with Crippen molar-refractivity contribution in [3.8, 4) is 17.3 Å². The van der Waals surface area contributed by atoms with Crippen molar-refractivity contribution in [2.24, 2.45) is 4.99 Å². The van der Waals surface area contributed by atoms with Gasteiger partial charge in [0.05, 0.1) is 12.8 Å². The van der Waals surface area contributed by atoms with E-state index in [1.807, 2.05) is 6.92 Å². The topological polar surface area (TPSA) is 100 Å². The fourth-order valence-corrected chi connectivity index (χ4v) is 2.57. The van der Waals surface area contributed by atoms with Crippen LogP contribution >= 0.6 is 0 Å². The molecule has 0 aliphatic carbocycles. The Morgan fingerprint density at radius 3 is 2.86 bits per heavy atom. The molecule has 154 valence electrons. The van der Waals surface area contributed by atoms with E-state index in [2.05, 4.69) is 35.5 Å². The number of aromatic nitrogens is 3. The van der Waals surface area contributed by atoms with Gasteiger partial charge in [-0.25, -0.2) is 9.98 Å². The van der Waals surface area contributed by atoms with E-state index in [1.54, 1.807) is 36.6 Å². The second kappa shape index (κ2) is 10.2. The molecule has 0 bridgehead atoms. The van der Waals surface area contributed by atoms with Crippen molar-refractivity contribution in [2.75, 3.05) is 13.1 Å². The number of guanidine groups is 1. The van der Waals surface area contributed by atoms with Crippen LogP contribution in [0, 0.1) is 0 Å². The van der Waals surface area contributed by atoms with E-state index in [9.17, 15) is 8.78 Å². The lowest BCUT2D eigenvalue weighted by Crippen LogP contribution is -2.38. The van der Waals surface area contributed by atoms with Crippen LogP contribution in [0.15, 0.2) is 52.1 Å². The number of aromatic amines is 1. The average Bonchev–Trinajstić information content (AvgIpc) is 3.38. The molecule has 3 rings (SSSR count). The molecule has 2 aromatic heterocycles. The van der Waals surface area contributed by atoms with Gasteiger partial charge in [0, 0.05) is 25.1 Å². The number of ether oxygens (including phenoxy) is 1. The maximum Gasteiger partial charge on any atom is 0.387 e. The molecule has 0 saturated heterocycles. The average molecular weight is 404 g/mol. The maximum absolute atomic E-state index is 12.5. The van der Waals surface area contributed by atoms with Crippen LogP contribution < -0.4 is 15.4 Å². The lowest BCUT2D eigenvalue weighted by Gasteiger charge is -2.12. The molecule has 29 heavy (non-hydrogen) atoms. The lowest BCUT2D eigenvalue weighted by atomic mass is 10.2. The maximum atomic E-state index is 12.5. The van der Waals surface area contributed by atoms with E-state index in [0.717, 1.165) is 0 Å². The van der Waals surface area contributed by atoms with Crippen molar-refractivity contribution in [2.45, 2.75) is 26.5 Å². The summed E-state index contributed by atoms with van der Waals surface area (Å²) < 4.78 is 34.9. The minimum atomic E-state index is -2.88. The molecule has 0 spiro atoms. The summed E-state index contributed by atoms with van der Waals surface area (Å²) in [4.78, 5) is 8.82. The molecule has 3 N–H and O–H groups in total. The molecule has 0 saturated carbocycles. The SMILES string of the molecule is CCNC(=NCc1ccccc1OC(F)F)NCCc1nc(-c2ccco2)n[nH]1. The first kappa shape index (κ1) is 20.3. The third kappa shape index (κ3) is 6.03. The molecule has 1 aromatic carbocycles. The van der Waals surface area contributed by atoms with Crippen LogP contribution in [-0.4, -0.2) is 40.8 Å². The van der Waals surface area contributed by atoms with Gasteiger partial charge in [0.1, 0.15) is 11.6 Å². The standard InChI is InChI=1S/C19H22F2N6O2/c1-2-22-19(24-12-13-6-3-4-7-14(13)29-18(20)21)23-10-9-16-25-17(27-26-16)15-8-5-11-28-15/h3-8,11,18H,2,9-10,12H2,1H3,(H2,22,23,24)(H,25,26,27). The van der Waals surface area contributed by atoms with Gasteiger partial charge in [-0.15, -0.1) is 0 Å². The number of nitrogens with one attached hydrogen (secondary N) is 3. The largest absolute Gasteiger partial charge is 0.461 e. The minimum absolute atomic E-state index is 0.120. The molecule has 0 aliphatic heterocycles. The Labute approximate surface area is 166 Å². The smallest absolute Gasteiger partial charge is 0.387 e. The summed E-state index contributed by atoms with van der Waals surface area (Å²) in [7, 11) is 0. The molecule has 0 aliphatic rings. The Kier molecular flexibility index (Phi) is 7.15. The highest BCUT2D eigenvalue weighted by molar-refractivity contribution is 5.79. The zero-order valence-electron chi connectivity index (χ0n) is 15.9. The molecule has 0 unspecified atom stereocenters. The van der Waals surface area contributed by atoms with Crippen molar-refractivity contribution in [1.29, 1.82) is 0 Å². The molecule has 8 nitrogen and oxygen atoms in total. The van der Waals surface area contributed by atoms with Gasteiger partial charge in [0.2, 0.25) is 5.82 Å². The van der Waals surface area contributed by atoms with Crippen LogP contribution in [0.1, 0.15) is 18.3 Å². The predicted molar refractivity (Wildman–Crippen MR) is 104 cm³/mol. The first-order valence-corrected chi connectivity index (χ1v) is 9.15. The third-order valence-corrected chi connectivity index (χ3v) is 3.87. The number of hydrogen-bond donors (Lipinski definition) is 3.